The molecule has 1 aliphatic rings. The molecule has 3 aromatic rings. The molecule has 1 heterocycles. The van der Waals surface area contributed by atoms with Crippen molar-refractivity contribution in [1.29, 1.82) is 0 Å². The Hall–Kier alpha value is -2.33. The van der Waals surface area contributed by atoms with Crippen molar-refractivity contribution in [3.63, 3.8) is 0 Å². The Bertz CT molecular complexity index is 1290. The maximum absolute atomic E-state index is 15.0. The molecule has 11 heteroatoms. The zero-order valence-corrected chi connectivity index (χ0v) is 20.0. The summed E-state index contributed by atoms with van der Waals surface area (Å²) in [5.74, 6) is -6.98. The Balaban J connectivity index is 1.95. The first-order chi connectivity index (χ1) is 15.4. The average Bonchev–Trinajstić information content (AvgIpc) is 2.76. The third-order valence-corrected chi connectivity index (χ3v) is 7.76. The lowest BCUT2D eigenvalue weighted by Crippen LogP contribution is -2.50. The number of hydrogen-bond donors (Lipinski definition) is 0. The summed E-state index contributed by atoms with van der Waals surface area (Å²) in [6.07, 6.45) is -4.34. The molecule has 172 valence electrons. The second kappa shape index (κ2) is 8.47. The maximum atomic E-state index is 15.0. The number of carbonyl (C=O) groups excluding carboxylic acids is 1. The predicted molar refractivity (Wildman–Crippen MR) is 122 cm³/mol. The molecule has 0 fully saturated rings. The summed E-state index contributed by atoms with van der Waals surface area (Å²) in [5.41, 5.74) is -1.35. The van der Waals surface area contributed by atoms with Crippen LogP contribution in [0, 0.1) is 33.8 Å². The monoisotopic (exact) mass is 595 g/mol. The summed E-state index contributed by atoms with van der Waals surface area (Å²) >= 11 is 1.77. The lowest BCUT2D eigenvalue weighted by Gasteiger charge is -2.34. The largest absolute Gasteiger partial charge is 0.482 e. The lowest BCUT2D eigenvalue weighted by molar-refractivity contribution is -0.193. The average molecular weight is 595 g/mol. The van der Waals surface area contributed by atoms with E-state index >= 15 is 0 Å². The number of rotatable bonds is 3. The van der Waals surface area contributed by atoms with E-state index in [9.17, 15) is 31.1 Å². The smallest absolute Gasteiger partial charge is 0.423 e. The standard InChI is InChI=1S/C22H13F6INO2P/c1-9-17(25)18(26)16(20(33)19(9)29)11-6-14-15(7-13(11)24)32-22(27,28)21(31)30(14)8-10-4-2-3-5-12(10)23/h2-7H,8,33H2,1H3. The summed E-state index contributed by atoms with van der Waals surface area (Å²) in [5, 5.41) is 0.139. The minimum atomic E-state index is -4.34. The van der Waals surface area contributed by atoms with Crippen LogP contribution in [0.25, 0.3) is 11.1 Å². The van der Waals surface area contributed by atoms with E-state index in [0.29, 0.717) is 14.5 Å². The summed E-state index contributed by atoms with van der Waals surface area (Å²) in [6.45, 7) is 0.726. The molecule has 0 spiro atoms. The van der Waals surface area contributed by atoms with Gasteiger partial charge in [-0.3, -0.25) is 9.69 Å². The van der Waals surface area contributed by atoms with Crippen LogP contribution in [0.3, 0.4) is 0 Å². The van der Waals surface area contributed by atoms with Gasteiger partial charge in [-0.1, -0.05) is 18.2 Å². The summed E-state index contributed by atoms with van der Waals surface area (Å²) in [4.78, 5) is 13.0. The molecule has 0 saturated carbocycles. The first-order valence-corrected chi connectivity index (χ1v) is 11.0. The molecule has 3 nitrogen and oxygen atoms in total. The molecule has 0 radical (unpaired) electrons. The lowest BCUT2D eigenvalue weighted by atomic mass is 10.00. The Morgan fingerprint density at radius 3 is 2.39 bits per heavy atom. The zero-order chi connectivity index (χ0) is 24.2. The molecule has 0 N–H and O–H groups in total. The predicted octanol–water partition coefficient (Wildman–Crippen LogP) is 5.84. The third kappa shape index (κ3) is 3.97. The van der Waals surface area contributed by atoms with Gasteiger partial charge in [0.05, 0.1) is 12.2 Å². The molecule has 3 aromatic carbocycles. The molecule has 0 aliphatic carbocycles. The molecular formula is C22H13F6INO2P. The summed E-state index contributed by atoms with van der Waals surface area (Å²) in [7, 11) is 2.20. The van der Waals surface area contributed by atoms with Crippen molar-refractivity contribution in [3.05, 3.63) is 74.4 Å². The zero-order valence-electron chi connectivity index (χ0n) is 16.7. The highest BCUT2D eigenvalue weighted by atomic mass is 127. The Morgan fingerprint density at radius 1 is 1.06 bits per heavy atom. The van der Waals surface area contributed by atoms with E-state index in [4.69, 9.17) is 0 Å². The maximum Gasteiger partial charge on any atom is 0.482 e. The number of anilines is 1. The summed E-state index contributed by atoms with van der Waals surface area (Å²) in [6, 6.07) is 6.68. The number of ether oxygens (including phenoxy) is 1. The molecule has 0 saturated heterocycles. The number of carbonyl (C=O) groups is 1. The van der Waals surface area contributed by atoms with Gasteiger partial charge in [-0.25, -0.2) is 17.6 Å². The van der Waals surface area contributed by atoms with Gasteiger partial charge in [0.1, 0.15) is 11.6 Å². The topological polar surface area (TPSA) is 29.5 Å². The highest BCUT2D eigenvalue weighted by Gasteiger charge is 2.51. The van der Waals surface area contributed by atoms with E-state index in [1.165, 1.54) is 25.1 Å². The van der Waals surface area contributed by atoms with E-state index in [1.807, 2.05) is 0 Å². The van der Waals surface area contributed by atoms with Crippen LogP contribution >= 0.6 is 31.8 Å². The number of nitrogens with zero attached hydrogens (tertiary/aromatic N) is 1. The van der Waals surface area contributed by atoms with Crippen molar-refractivity contribution in [3.8, 4) is 16.9 Å². The fourth-order valence-electron chi connectivity index (χ4n) is 3.49. The minimum absolute atomic E-state index is 0.0135. The second-order valence-corrected chi connectivity index (χ2v) is 8.91. The van der Waals surface area contributed by atoms with Gasteiger partial charge in [-0.05, 0) is 47.0 Å². The SMILES string of the molecule is Cc1c(F)c(F)c(-c2cc3c(cc2F)OC(F)(F)C(=O)N3Cc2ccccc2F)c(P)c1I. The van der Waals surface area contributed by atoms with Crippen LogP contribution in [0.4, 0.5) is 32.0 Å². The van der Waals surface area contributed by atoms with Gasteiger partial charge in [0.2, 0.25) is 0 Å². The number of halogens is 7. The highest BCUT2D eigenvalue weighted by molar-refractivity contribution is 14.1. The van der Waals surface area contributed by atoms with Crippen molar-refractivity contribution >= 4 is 48.7 Å². The van der Waals surface area contributed by atoms with Crippen molar-refractivity contribution in [1.82, 2.24) is 0 Å². The van der Waals surface area contributed by atoms with Crippen LogP contribution in [-0.4, -0.2) is 12.0 Å². The number of benzene rings is 3. The van der Waals surface area contributed by atoms with E-state index < -0.39 is 58.7 Å². The van der Waals surface area contributed by atoms with Gasteiger partial charge in [0, 0.05) is 31.9 Å². The van der Waals surface area contributed by atoms with Gasteiger partial charge < -0.3 is 4.74 Å². The van der Waals surface area contributed by atoms with Gasteiger partial charge in [0.25, 0.3) is 0 Å². The first kappa shape index (κ1) is 23.8. The molecular weight excluding hydrogens is 582 g/mol. The third-order valence-electron chi connectivity index (χ3n) is 5.20. The van der Waals surface area contributed by atoms with Gasteiger partial charge >= 0.3 is 12.0 Å². The molecule has 1 atom stereocenters. The Morgan fingerprint density at radius 2 is 1.73 bits per heavy atom. The fraction of sp³-hybridized carbons (Fsp3) is 0.136. The van der Waals surface area contributed by atoms with Crippen LogP contribution in [0.15, 0.2) is 36.4 Å². The quantitative estimate of drug-likeness (QED) is 0.165. The van der Waals surface area contributed by atoms with Gasteiger partial charge in [0.15, 0.2) is 17.4 Å². The molecule has 4 rings (SSSR count). The highest BCUT2D eigenvalue weighted by Crippen LogP contribution is 2.44. The number of amides is 1. The van der Waals surface area contributed by atoms with Crippen LogP contribution in [0.5, 0.6) is 5.75 Å². The molecule has 1 aliphatic heterocycles. The normalized spacial score (nSPS) is 14.8. The van der Waals surface area contributed by atoms with Crippen molar-refractivity contribution in [2.75, 3.05) is 4.90 Å². The van der Waals surface area contributed by atoms with Crippen LogP contribution in [-0.2, 0) is 11.3 Å². The molecule has 0 aromatic heterocycles. The van der Waals surface area contributed by atoms with Crippen LogP contribution in [0.2, 0.25) is 0 Å². The molecule has 33 heavy (non-hydrogen) atoms. The fourth-order valence-corrected chi connectivity index (χ4v) is 4.50. The Labute approximate surface area is 200 Å². The van der Waals surface area contributed by atoms with E-state index in [0.717, 1.165) is 12.1 Å². The van der Waals surface area contributed by atoms with Crippen LogP contribution in [0.1, 0.15) is 11.1 Å². The molecule has 1 unspecified atom stereocenters. The number of hydrogen-bond acceptors (Lipinski definition) is 2. The number of alkyl halides is 2. The van der Waals surface area contributed by atoms with Crippen molar-refractivity contribution < 1.29 is 35.9 Å². The minimum Gasteiger partial charge on any atom is -0.423 e. The van der Waals surface area contributed by atoms with E-state index in [1.54, 1.807) is 22.6 Å². The Kier molecular flexibility index (Phi) is 6.11. The van der Waals surface area contributed by atoms with E-state index in [2.05, 4.69) is 14.0 Å². The van der Waals surface area contributed by atoms with Crippen molar-refractivity contribution in [2.45, 2.75) is 19.6 Å². The number of fused-ring (bicyclic) bond motifs is 1. The second-order valence-electron chi connectivity index (χ2n) is 7.26. The van der Waals surface area contributed by atoms with Gasteiger partial charge in [-0.2, -0.15) is 8.78 Å². The molecule has 1 amide bonds. The van der Waals surface area contributed by atoms with E-state index in [-0.39, 0.29) is 22.1 Å². The summed E-state index contributed by atoms with van der Waals surface area (Å²) < 4.78 is 91.6. The first-order valence-electron chi connectivity index (χ1n) is 9.32. The van der Waals surface area contributed by atoms with Crippen LogP contribution < -0.4 is 14.9 Å². The van der Waals surface area contributed by atoms with Crippen molar-refractivity contribution in [2.24, 2.45) is 0 Å². The van der Waals surface area contributed by atoms with Gasteiger partial charge in [-0.15, -0.1) is 9.24 Å². The molecule has 0 bridgehead atoms.